The molecule has 2 aromatic rings. The number of furan rings is 1. The molecule has 0 fully saturated rings. The Morgan fingerprint density at radius 2 is 2.17 bits per heavy atom. The van der Waals surface area contributed by atoms with Crippen molar-refractivity contribution < 1.29 is 22.7 Å². The Morgan fingerprint density at radius 1 is 1.29 bits per heavy atom. The number of alkyl halides is 2. The third-order valence-electron chi connectivity index (χ3n) is 4.13. The van der Waals surface area contributed by atoms with E-state index >= 15 is 0 Å². The van der Waals surface area contributed by atoms with Crippen molar-refractivity contribution in [3.05, 3.63) is 47.4 Å². The first-order chi connectivity index (χ1) is 11.7. The van der Waals surface area contributed by atoms with E-state index in [-0.39, 0.29) is 11.8 Å². The zero-order chi connectivity index (χ0) is 16.9. The number of halogens is 2. The number of rotatable bonds is 7. The molecule has 0 radical (unpaired) electrons. The summed E-state index contributed by atoms with van der Waals surface area (Å²) in [6, 6.07) is 7.30. The lowest BCUT2D eigenvalue weighted by atomic mass is 9.93. The first kappa shape index (κ1) is 16.8. The molecule has 3 rings (SSSR count). The predicted molar refractivity (Wildman–Crippen MR) is 85.5 cm³/mol. The van der Waals surface area contributed by atoms with Crippen molar-refractivity contribution in [2.45, 2.75) is 45.4 Å². The summed E-state index contributed by atoms with van der Waals surface area (Å²) in [6.07, 6.45) is 4.85. The highest BCUT2D eigenvalue weighted by atomic mass is 19.3. The minimum Gasteiger partial charge on any atom is -0.490 e. The molecule has 4 nitrogen and oxygen atoms in total. The molecule has 0 spiro atoms. The maximum Gasteiger partial charge on any atom is 0.387 e. The van der Waals surface area contributed by atoms with E-state index in [9.17, 15) is 8.78 Å². The summed E-state index contributed by atoms with van der Waals surface area (Å²) < 4.78 is 40.3. The first-order valence-electron chi connectivity index (χ1n) is 8.17. The standard InChI is InChI=1S/C18H21F2NO3/c1-2-22-17-10-12(6-7-16(17)24-18(19)20)11-21-14-4-3-5-15-13(14)8-9-23-15/h6-10,14,18,21H,2-5,11H2,1H3. The van der Waals surface area contributed by atoms with Gasteiger partial charge >= 0.3 is 6.61 Å². The second-order valence-electron chi connectivity index (χ2n) is 5.72. The average molecular weight is 337 g/mol. The average Bonchev–Trinajstić information content (AvgIpc) is 3.04. The third-order valence-corrected chi connectivity index (χ3v) is 4.13. The van der Waals surface area contributed by atoms with Gasteiger partial charge in [-0.1, -0.05) is 6.07 Å². The van der Waals surface area contributed by atoms with E-state index in [2.05, 4.69) is 10.1 Å². The van der Waals surface area contributed by atoms with Crippen molar-refractivity contribution in [1.29, 1.82) is 0 Å². The molecule has 0 aliphatic heterocycles. The molecular formula is C18H21F2NO3. The van der Waals surface area contributed by atoms with Crippen LogP contribution in [-0.2, 0) is 13.0 Å². The summed E-state index contributed by atoms with van der Waals surface area (Å²) in [5.41, 5.74) is 2.17. The lowest BCUT2D eigenvalue weighted by molar-refractivity contribution is -0.0514. The number of hydrogen-bond donors (Lipinski definition) is 1. The van der Waals surface area contributed by atoms with Gasteiger partial charge in [-0.05, 0) is 43.5 Å². The normalized spacial score (nSPS) is 16.9. The summed E-state index contributed by atoms with van der Waals surface area (Å²) in [6.45, 7) is -0.0589. The SMILES string of the molecule is CCOc1cc(CNC2CCCc3occc32)ccc1OC(F)F. The lowest BCUT2D eigenvalue weighted by Gasteiger charge is -2.23. The van der Waals surface area contributed by atoms with Crippen molar-refractivity contribution in [3.63, 3.8) is 0 Å². The number of hydrogen-bond acceptors (Lipinski definition) is 4. The van der Waals surface area contributed by atoms with Gasteiger partial charge in [-0.15, -0.1) is 0 Å². The summed E-state index contributed by atoms with van der Waals surface area (Å²) in [7, 11) is 0. The Labute approximate surface area is 139 Å². The van der Waals surface area contributed by atoms with Gasteiger partial charge in [0.25, 0.3) is 0 Å². The molecule has 0 amide bonds. The van der Waals surface area contributed by atoms with Crippen LogP contribution in [-0.4, -0.2) is 13.2 Å². The van der Waals surface area contributed by atoms with Crippen LogP contribution in [0.1, 0.15) is 42.7 Å². The molecule has 6 heteroatoms. The largest absolute Gasteiger partial charge is 0.490 e. The Kier molecular flexibility index (Phi) is 5.35. The quantitative estimate of drug-likeness (QED) is 0.811. The molecule has 1 aromatic carbocycles. The van der Waals surface area contributed by atoms with Gasteiger partial charge < -0.3 is 19.2 Å². The fraction of sp³-hybridized carbons (Fsp3) is 0.444. The molecule has 0 saturated heterocycles. The van der Waals surface area contributed by atoms with Crippen LogP contribution in [0.15, 0.2) is 34.9 Å². The smallest absolute Gasteiger partial charge is 0.387 e. The van der Waals surface area contributed by atoms with E-state index in [0.717, 1.165) is 30.6 Å². The zero-order valence-electron chi connectivity index (χ0n) is 13.6. The van der Waals surface area contributed by atoms with Crippen LogP contribution in [0.25, 0.3) is 0 Å². The minimum atomic E-state index is -2.87. The second kappa shape index (κ2) is 7.66. The molecule has 1 aromatic heterocycles. The highest BCUT2D eigenvalue weighted by molar-refractivity contribution is 5.43. The topological polar surface area (TPSA) is 43.6 Å². The van der Waals surface area contributed by atoms with Crippen LogP contribution in [0, 0.1) is 0 Å². The van der Waals surface area contributed by atoms with Gasteiger partial charge in [-0.25, -0.2) is 0 Å². The van der Waals surface area contributed by atoms with E-state index in [1.54, 1.807) is 25.3 Å². The molecule has 130 valence electrons. The van der Waals surface area contributed by atoms with Gasteiger partial charge in [-0.3, -0.25) is 0 Å². The Morgan fingerprint density at radius 3 is 2.96 bits per heavy atom. The van der Waals surface area contributed by atoms with Gasteiger partial charge in [0.15, 0.2) is 11.5 Å². The fourth-order valence-corrected chi connectivity index (χ4v) is 3.06. The summed E-state index contributed by atoms with van der Waals surface area (Å²) in [4.78, 5) is 0. The van der Waals surface area contributed by atoms with Crippen molar-refractivity contribution in [1.82, 2.24) is 5.32 Å². The van der Waals surface area contributed by atoms with Crippen molar-refractivity contribution in [2.75, 3.05) is 6.61 Å². The van der Waals surface area contributed by atoms with Crippen LogP contribution in [0.2, 0.25) is 0 Å². The third kappa shape index (κ3) is 3.87. The van der Waals surface area contributed by atoms with Crippen LogP contribution < -0.4 is 14.8 Å². The molecule has 1 heterocycles. The summed E-state index contributed by atoms with van der Waals surface area (Å²) >= 11 is 0. The molecule has 0 bridgehead atoms. The molecule has 1 aliphatic carbocycles. The number of nitrogens with one attached hydrogen (secondary N) is 1. The number of ether oxygens (including phenoxy) is 2. The Hall–Kier alpha value is -2.08. The van der Waals surface area contributed by atoms with E-state index < -0.39 is 6.61 Å². The van der Waals surface area contributed by atoms with Crippen molar-refractivity contribution in [3.8, 4) is 11.5 Å². The molecule has 1 aliphatic rings. The fourth-order valence-electron chi connectivity index (χ4n) is 3.06. The van der Waals surface area contributed by atoms with Gasteiger partial charge in [0.2, 0.25) is 0 Å². The van der Waals surface area contributed by atoms with Gasteiger partial charge in [0, 0.05) is 24.6 Å². The monoisotopic (exact) mass is 337 g/mol. The zero-order valence-corrected chi connectivity index (χ0v) is 13.6. The molecule has 1 atom stereocenters. The van der Waals surface area contributed by atoms with E-state index in [0.29, 0.717) is 18.9 Å². The molecule has 1 unspecified atom stereocenters. The number of aryl methyl sites for hydroxylation is 1. The number of benzene rings is 1. The van der Waals surface area contributed by atoms with Gasteiger partial charge in [0.1, 0.15) is 5.76 Å². The summed E-state index contributed by atoms with van der Waals surface area (Å²) in [5, 5.41) is 3.51. The van der Waals surface area contributed by atoms with Crippen LogP contribution >= 0.6 is 0 Å². The first-order valence-corrected chi connectivity index (χ1v) is 8.17. The molecule has 0 saturated carbocycles. The highest BCUT2D eigenvalue weighted by Gasteiger charge is 2.22. The van der Waals surface area contributed by atoms with Crippen molar-refractivity contribution in [2.24, 2.45) is 0 Å². The van der Waals surface area contributed by atoms with Crippen molar-refractivity contribution >= 4 is 0 Å². The van der Waals surface area contributed by atoms with Gasteiger partial charge in [0.05, 0.1) is 12.9 Å². The maximum absolute atomic E-state index is 12.4. The summed E-state index contributed by atoms with van der Waals surface area (Å²) in [5.74, 6) is 1.45. The highest BCUT2D eigenvalue weighted by Crippen LogP contribution is 2.32. The maximum atomic E-state index is 12.4. The minimum absolute atomic E-state index is 0.0605. The van der Waals surface area contributed by atoms with Crippen LogP contribution in [0.4, 0.5) is 8.78 Å². The molecular weight excluding hydrogens is 316 g/mol. The van der Waals surface area contributed by atoms with Gasteiger partial charge in [-0.2, -0.15) is 8.78 Å². The molecule has 24 heavy (non-hydrogen) atoms. The van der Waals surface area contributed by atoms with Crippen LogP contribution in [0.5, 0.6) is 11.5 Å². The van der Waals surface area contributed by atoms with E-state index in [4.69, 9.17) is 9.15 Å². The number of fused-ring (bicyclic) bond motifs is 1. The van der Waals surface area contributed by atoms with E-state index in [1.165, 1.54) is 11.6 Å². The van der Waals surface area contributed by atoms with Crippen LogP contribution in [0.3, 0.4) is 0 Å². The predicted octanol–water partition coefficient (Wildman–Crippen LogP) is 4.45. The lowest BCUT2D eigenvalue weighted by Crippen LogP contribution is -2.24. The van der Waals surface area contributed by atoms with E-state index in [1.807, 2.05) is 6.07 Å². The Balaban J connectivity index is 1.68. The Bertz CT molecular complexity index is 672. The second-order valence-corrected chi connectivity index (χ2v) is 5.72. The molecule has 1 N–H and O–H groups in total.